The van der Waals surface area contributed by atoms with Crippen LogP contribution in [0.2, 0.25) is 0 Å². The normalized spacial score (nSPS) is 12.7. The molecule has 5 heteroatoms. The topological polar surface area (TPSA) is 42.7 Å². The Morgan fingerprint density at radius 2 is 2.10 bits per heavy atom. The van der Waals surface area contributed by atoms with Crippen molar-refractivity contribution in [1.82, 2.24) is 20.1 Å². The van der Waals surface area contributed by atoms with E-state index in [0.717, 1.165) is 23.1 Å². The lowest BCUT2D eigenvalue weighted by Gasteiger charge is -2.17. The first-order valence-corrected chi connectivity index (χ1v) is 6.96. The predicted molar refractivity (Wildman–Crippen MR) is 80.4 cm³/mol. The van der Waals surface area contributed by atoms with E-state index in [1.54, 1.807) is 12.3 Å². The third-order valence-electron chi connectivity index (χ3n) is 3.58. The number of hydrogen-bond donors (Lipinski definition) is 1. The van der Waals surface area contributed by atoms with Crippen molar-refractivity contribution in [2.24, 2.45) is 7.05 Å². The molecular weight excluding hydrogens is 267 g/mol. The number of aromatic nitrogens is 3. The molecule has 0 bridgehead atoms. The van der Waals surface area contributed by atoms with Gasteiger partial charge in [-0.1, -0.05) is 25.1 Å². The van der Waals surface area contributed by atoms with Gasteiger partial charge in [0.1, 0.15) is 5.82 Å². The van der Waals surface area contributed by atoms with Gasteiger partial charge in [0.15, 0.2) is 0 Å². The minimum atomic E-state index is -0.321. The first kappa shape index (κ1) is 13.7. The average molecular weight is 284 g/mol. The molecule has 21 heavy (non-hydrogen) atoms. The molecule has 2 aromatic heterocycles. The summed E-state index contributed by atoms with van der Waals surface area (Å²) >= 11 is 0. The third kappa shape index (κ3) is 2.40. The molecule has 2 heterocycles. The van der Waals surface area contributed by atoms with E-state index in [1.807, 2.05) is 42.9 Å². The quantitative estimate of drug-likeness (QED) is 0.801. The Balaban J connectivity index is 2.19. The van der Waals surface area contributed by atoms with Gasteiger partial charge in [0.25, 0.3) is 0 Å². The number of rotatable bonds is 4. The van der Waals surface area contributed by atoms with Crippen molar-refractivity contribution < 1.29 is 4.39 Å². The molecule has 1 unspecified atom stereocenters. The van der Waals surface area contributed by atoms with Gasteiger partial charge >= 0.3 is 0 Å². The summed E-state index contributed by atoms with van der Waals surface area (Å²) in [5.41, 5.74) is 2.43. The van der Waals surface area contributed by atoms with E-state index in [0.29, 0.717) is 5.56 Å². The Bertz CT molecular complexity index is 766. The molecule has 3 rings (SSSR count). The van der Waals surface area contributed by atoms with Gasteiger partial charge in [-0.25, -0.2) is 4.39 Å². The first-order chi connectivity index (χ1) is 10.2. The maximum absolute atomic E-state index is 14.1. The molecule has 4 nitrogen and oxygen atoms in total. The molecule has 0 saturated carbocycles. The number of pyridine rings is 1. The second-order valence-electron chi connectivity index (χ2n) is 4.91. The lowest BCUT2D eigenvalue weighted by molar-refractivity contribution is 0.544. The van der Waals surface area contributed by atoms with E-state index < -0.39 is 0 Å². The summed E-state index contributed by atoms with van der Waals surface area (Å²) in [6.45, 7) is 2.72. The Kier molecular flexibility index (Phi) is 3.66. The smallest absolute Gasteiger partial charge is 0.146 e. The SMILES string of the molecule is CCNC(c1ccncc1F)c1nn(C)c2ccccc12. The van der Waals surface area contributed by atoms with Crippen LogP contribution in [0.25, 0.3) is 10.9 Å². The lowest BCUT2D eigenvalue weighted by atomic mass is 10.0. The van der Waals surface area contributed by atoms with Crippen LogP contribution < -0.4 is 5.32 Å². The fourth-order valence-electron chi connectivity index (χ4n) is 2.63. The highest BCUT2D eigenvalue weighted by molar-refractivity contribution is 5.82. The molecule has 108 valence electrons. The van der Waals surface area contributed by atoms with Crippen molar-refractivity contribution >= 4 is 10.9 Å². The standard InChI is InChI=1S/C16H17FN4/c1-3-19-15(11-8-9-18-10-13(11)17)16-12-6-4-5-7-14(12)21(2)20-16/h4-10,15,19H,3H2,1-2H3. The van der Waals surface area contributed by atoms with Crippen LogP contribution in [0.15, 0.2) is 42.7 Å². The van der Waals surface area contributed by atoms with Crippen LogP contribution in [-0.4, -0.2) is 21.3 Å². The zero-order valence-electron chi connectivity index (χ0n) is 12.0. The highest BCUT2D eigenvalue weighted by Crippen LogP contribution is 2.29. The number of hydrogen-bond acceptors (Lipinski definition) is 3. The Morgan fingerprint density at radius 3 is 2.86 bits per heavy atom. The largest absolute Gasteiger partial charge is 0.305 e. The number of nitrogens with one attached hydrogen (secondary N) is 1. The average Bonchev–Trinajstić information content (AvgIpc) is 2.83. The summed E-state index contributed by atoms with van der Waals surface area (Å²) < 4.78 is 15.9. The van der Waals surface area contributed by atoms with E-state index >= 15 is 0 Å². The molecule has 0 spiro atoms. The van der Waals surface area contributed by atoms with Crippen LogP contribution in [0.4, 0.5) is 4.39 Å². The Hall–Kier alpha value is -2.27. The number of nitrogens with zero attached hydrogens (tertiary/aromatic N) is 3. The third-order valence-corrected chi connectivity index (χ3v) is 3.58. The molecule has 0 aliphatic heterocycles. The number of halogens is 1. The van der Waals surface area contributed by atoms with Gasteiger partial charge in [0.05, 0.1) is 23.4 Å². The monoisotopic (exact) mass is 284 g/mol. The van der Waals surface area contributed by atoms with Crippen molar-refractivity contribution in [2.45, 2.75) is 13.0 Å². The van der Waals surface area contributed by atoms with E-state index in [-0.39, 0.29) is 11.9 Å². The van der Waals surface area contributed by atoms with E-state index in [2.05, 4.69) is 15.4 Å². The summed E-state index contributed by atoms with van der Waals surface area (Å²) in [6, 6.07) is 9.39. The summed E-state index contributed by atoms with van der Waals surface area (Å²) in [5.74, 6) is -0.321. The summed E-state index contributed by atoms with van der Waals surface area (Å²) in [6.07, 6.45) is 2.85. The van der Waals surface area contributed by atoms with Gasteiger partial charge in [-0.15, -0.1) is 0 Å². The van der Waals surface area contributed by atoms with Gasteiger partial charge in [-0.3, -0.25) is 9.67 Å². The fourth-order valence-corrected chi connectivity index (χ4v) is 2.63. The molecule has 1 N–H and O–H groups in total. The lowest BCUT2D eigenvalue weighted by Crippen LogP contribution is -2.24. The molecule has 1 aromatic carbocycles. The summed E-state index contributed by atoms with van der Waals surface area (Å²) in [4.78, 5) is 3.82. The van der Waals surface area contributed by atoms with Gasteiger partial charge in [0, 0.05) is 24.2 Å². The van der Waals surface area contributed by atoms with Crippen LogP contribution in [0.3, 0.4) is 0 Å². The maximum atomic E-state index is 14.1. The number of aryl methyl sites for hydroxylation is 1. The molecule has 0 amide bonds. The van der Waals surface area contributed by atoms with Crippen molar-refractivity contribution in [3.8, 4) is 0 Å². The van der Waals surface area contributed by atoms with Crippen LogP contribution >= 0.6 is 0 Å². The molecule has 0 saturated heterocycles. The second kappa shape index (κ2) is 5.61. The number of para-hydroxylation sites is 1. The Morgan fingerprint density at radius 1 is 1.29 bits per heavy atom. The van der Waals surface area contributed by atoms with Gasteiger partial charge in [-0.2, -0.15) is 5.10 Å². The number of fused-ring (bicyclic) bond motifs is 1. The number of benzene rings is 1. The van der Waals surface area contributed by atoms with Crippen LogP contribution in [0.1, 0.15) is 24.2 Å². The molecule has 1 atom stereocenters. The molecule has 3 aromatic rings. The van der Waals surface area contributed by atoms with Crippen LogP contribution in [0.5, 0.6) is 0 Å². The predicted octanol–water partition coefficient (Wildman–Crippen LogP) is 2.81. The summed E-state index contributed by atoms with van der Waals surface area (Å²) in [5, 5.41) is 8.94. The zero-order chi connectivity index (χ0) is 14.8. The first-order valence-electron chi connectivity index (χ1n) is 6.96. The molecular formula is C16H17FN4. The van der Waals surface area contributed by atoms with Crippen molar-refractivity contribution in [2.75, 3.05) is 6.54 Å². The zero-order valence-corrected chi connectivity index (χ0v) is 12.0. The minimum Gasteiger partial charge on any atom is -0.305 e. The van der Waals surface area contributed by atoms with Gasteiger partial charge in [-0.05, 0) is 18.7 Å². The minimum absolute atomic E-state index is 0.288. The summed E-state index contributed by atoms with van der Waals surface area (Å²) in [7, 11) is 1.90. The molecule has 0 aliphatic rings. The second-order valence-corrected chi connectivity index (χ2v) is 4.91. The van der Waals surface area contributed by atoms with Crippen LogP contribution in [0, 0.1) is 5.82 Å². The Labute approximate surface area is 122 Å². The van der Waals surface area contributed by atoms with Gasteiger partial charge in [0.2, 0.25) is 0 Å². The van der Waals surface area contributed by atoms with Crippen molar-refractivity contribution in [3.05, 3.63) is 59.8 Å². The molecule has 0 radical (unpaired) electrons. The van der Waals surface area contributed by atoms with Crippen molar-refractivity contribution in [1.29, 1.82) is 0 Å². The van der Waals surface area contributed by atoms with Gasteiger partial charge < -0.3 is 5.32 Å². The fraction of sp³-hybridized carbons (Fsp3) is 0.250. The van der Waals surface area contributed by atoms with E-state index in [4.69, 9.17) is 0 Å². The molecule has 0 fully saturated rings. The van der Waals surface area contributed by atoms with E-state index in [9.17, 15) is 4.39 Å². The molecule has 0 aliphatic carbocycles. The maximum Gasteiger partial charge on any atom is 0.146 e. The van der Waals surface area contributed by atoms with Crippen molar-refractivity contribution in [3.63, 3.8) is 0 Å². The van der Waals surface area contributed by atoms with Crippen LogP contribution in [-0.2, 0) is 7.05 Å². The highest BCUT2D eigenvalue weighted by atomic mass is 19.1. The van der Waals surface area contributed by atoms with E-state index in [1.165, 1.54) is 6.20 Å². The highest BCUT2D eigenvalue weighted by Gasteiger charge is 2.22.